The minimum Gasteiger partial charge on any atom is -0.507 e. The van der Waals surface area contributed by atoms with Crippen molar-refractivity contribution < 1.29 is 10.2 Å². The van der Waals surface area contributed by atoms with Crippen LogP contribution < -0.4 is 0 Å². The molecule has 0 fully saturated rings. The maximum atomic E-state index is 9.62. The lowest BCUT2D eigenvalue weighted by Crippen LogP contribution is -1.98. The molecule has 0 radical (unpaired) electrons. The normalized spacial score (nSPS) is 10.5. The third kappa shape index (κ3) is 1.83. The highest BCUT2D eigenvalue weighted by Crippen LogP contribution is 2.27. The third-order valence-corrected chi connectivity index (χ3v) is 2.54. The van der Waals surface area contributed by atoms with Crippen LogP contribution in [0.25, 0.3) is 0 Å². The molecule has 2 heteroatoms. The Morgan fingerprint density at radius 2 is 1.77 bits per heavy atom. The average Bonchev–Trinajstić information content (AvgIpc) is 2.11. The van der Waals surface area contributed by atoms with E-state index in [9.17, 15) is 5.11 Å². The zero-order chi connectivity index (χ0) is 10.0. The van der Waals surface area contributed by atoms with Crippen molar-refractivity contribution in [3.63, 3.8) is 0 Å². The van der Waals surface area contributed by atoms with Crippen molar-refractivity contribution >= 4 is 0 Å². The van der Waals surface area contributed by atoms with Gasteiger partial charge < -0.3 is 10.2 Å². The molecule has 0 heterocycles. The largest absolute Gasteiger partial charge is 0.507 e. The highest BCUT2D eigenvalue weighted by Gasteiger charge is 2.07. The van der Waals surface area contributed by atoms with Crippen LogP contribution in [0.3, 0.4) is 0 Å². The Kier molecular flexibility index (Phi) is 2.94. The monoisotopic (exact) mass is 180 g/mol. The molecule has 0 spiro atoms. The number of phenols is 1. The lowest BCUT2D eigenvalue weighted by molar-refractivity contribution is 0.299. The molecule has 2 nitrogen and oxygen atoms in total. The standard InChI is InChI=1S/C11H16O2/c1-7-6-10(4-5-12)8(2)9(3)11(7)13/h6,12-13H,4-5H2,1-3H3. The molecule has 0 atom stereocenters. The molecule has 0 saturated heterocycles. The summed E-state index contributed by atoms with van der Waals surface area (Å²) in [6.45, 7) is 5.91. The number of rotatable bonds is 2. The van der Waals surface area contributed by atoms with Crippen LogP contribution in [0.1, 0.15) is 22.3 Å². The summed E-state index contributed by atoms with van der Waals surface area (Å²) < 4.78 is 0. The van der Waals surface area contributed by atoms with Gasteiger partial charge in [0.15, 0.2) is 0 Å². The molecule has 0 aliphatic rings. The van der Waals surface area contributed by atoms with Gasteiger partial charge >= 0.3 is 0 Å². The Labute approximate surface area is 78.8 Å². The van der Waals surface area contributed by atoms with E-state index < -0.39 is 0 Å². The predicted molar refractivity (Wildman–Crippen MR) is 53.1 cm³/mol. The molecule has 13 heavy (non-hydrogen) atoms. The summed E-state index contributed by atoms with van der Waals surface area (Å²) in [7, 11) is 0. The summed E-state index contributed by atoms with van der Waals surface area (Å²) in [5.74, 6) is 0.374. The summed E-state index contributed by atoms with van der Waals surface area (Å²) >= 11 is 0. The minimum atomic E-state index is 0.157. The molecule has 0 bridgehead atoms. The van der Waals surface area contributed by atoms with E-state index >= 15 is 0 Å². The number of hydrogen-bond donors (Lipinski definition) is 2. The third-order valence-electron chi connectivity index (χ3n) is 2.54. The molecule has 0 aromatic heterocycles. The lowest BCUT2D eigenvalue weighted by atomic mass is 9.97. The van der Waals surface area contributed by atoms with Crippen LogP contribution in [0.2, 0.25) is 0 Å². The van der Waals surface area contributed by atoms with Crippen molar-refractivity contribution in [2.45, 2.75) is 27.2 Å². The summed E-state index contributed by atoms with van der Waals surface area (Å²) in [6.07, 6.45) is 0.661. The summed E-state index contributed by atoms with van der Waals surface area (Å²) in [5, 5.41) is 18.5. The fraction of sp³-hybridized carbons (Fsp3) is 0.455. The predicted octanol–water partition coefficient (Wildman–Crippen LogP) is 1.85. The van der Waals surface area contributed by atoms with Crippen LogP contribution >= 0.6 is 0 Å². The van der Waals surface area contributed by atoms with E-state index in [1.165, 1.54) is 0 Å². The topological polar surface area (TPSA) is 40.5 Å². The first-order chi connectivity index (χ1) is 6.07. The molecule has 0 aliphatic heterocycles. The second-order valence-electron chi connectivity index (χ2n) is 3.42. The van der Waals surface area contributed by atoms with E-state index in [2.05, 4.69) is 0 Å². The smallest absolute Gasteiger partial charge is 0.121 e. The van der Waals surface area contributed by atoms with Gasteiger partial charge in [-0.15, -0.1) is 0 Å². The Bertz CT molecular complexity index is 316. The van der Waals surface area contributed by atoms with Crippen LogP contribution in [0.5, 0.6) is 5.75 Å². The molecule has 1 rings (SSSR count). The minimum absolute atomic E-state index is 0.157. The molecule has 2 N–H and O–H groups in total. The Balaban J connectivity index is 3.24. The van der Waals surface area contributed by atoms with Crippen LogP contribution in [-0.4, -0.2) is 16.8 Å². The van der Waals surface area contributed by atoms with E-state index in [1.807, 2.05) is 26.8 Å². The SMILES string of the molecule is Cc1cc(CCO)c(C)c(C)c1O. The highest BCUT2D eigenvalue weighted by atomic mass is 16.3. The number of aliphatic hydroxyl groups is 1. The summed E-state index contributed by atoms with van der Waals surface area (Å²) in [4.78, 5) is 0. The highest BCUT2D eigenvalue weighted by molar-refractivity contribution is 5.48. The van der Waals surface area contributed by atoms with Gasteiger partial charge in [0.1, 0.15) is 5.75 Å². The van der Waals surface area contributed by atoms with Crippen LogP contribution in [-0.2, 0) is 6.42 Å². The first kappa shape index (κ1) is 10.1. The van der Waals surface area contributed by atoms with Gasteiger partial charge in [0.2, 0.25) is 0 Å². The molecule has 0 saturated carbocycles. The number of aromatic hydroxyl groups is 1. The second-order valence-corrected chi connectivity index (χ2v) is 3.42. The van der Waals surface area contributed by atoms with Gasteiger partial charge in [-0.2, -0.15) is 0 Å². The first-order valence-corrected chi connectivity index (χ1v) is 4.47. The van der Waals surface area contributed by atoms with E-state index in [0.717, 1.165) is 22.3 Å². The quantitative estimate of drug-likeness (QED) is 0.729. The second kappa shape index (κ2) is 3.79. The van der Waals surface area contributed by atoms with Gasteiger partial charge in [0.05, 0.1) is 0 Å². The number of benzene rings is 1. The fourth-order valence-corrected chi connectivity index (χ4v) is 1.53. The van der Waals surface area contributed by atoms with E-state index in [1.54, 1.807) is 0 Å². The molecular formula is C11H16O2. The van der Waals surface area contributed by atoms with Crippen LogP contribution in [0.15, 0.2) is 6.07 Å². The van der Waals surface area contributed by atoms with Gasteiger partial charge in [0, 0.05) is 6.61 Å². The molecule has 0 aliphatic carbocycles. The van der Waals surface area contributed by atoms with Crippen molar-refractivity contribution in [2.24, 2.45) is 0 Å². The fourth-order valence-electron chi connectivity index (χ4n) is 1.53. The summed E-state index contributed by atoms with van der Waals surface area (Å²) in [5.41, 5.74) is 4.00. The Morgan fingerprint density at radius 3 is 2.31 bits per heavy atom. The number of hydrogen-bond acceptors (Lipinski definition) is 2. The zero-order valence-corrected chi connectivity index (χ0v) is 8.39. The van der Waals surface area contributed by atoms with Gasteiger partial charge in [-0.3, -0.25) is 0 Å². The van der Waals surface area contributed by atoms with Crippen LogP contribution in [0, 0.1) is 20.8 Å². The van der Waals surface area contributed by atoms with E-state index in [-0.39, 0.29) is 6.61 Å². The number of phenolic OH excluding ortho intramolecular Hbond substituents is 1. The molecule has 1 aromatic rings. The van der Waals surface area contributed by atoms with Crippen molar-refractivity contribution in [2.75, 3.05) is 6.61 Å². The molecule has 72 valence electrons. The van der Waals surface area contributed by atoms with E-state index in [4.69, 9.17) is 5.11 Å². The van der Waals surface area contributed by atoms with Crippen molar-refractivity contribution in [1.82, 2.24) is 0 Å². The van der Waals surface area contributed by atoms with Crippen molar-refractivity contribution in [3.8, 4) is 5.75 Å². The van der Waals surface area contributed by atoms with Gasteiger partial charge in [-0.25, -0.2) is 0 Å². The van der Waals surface area contributed by atoms with E-state index in [0.29, 0.717) is 12.2 Å². The Morgan fingerprint density at radius 1 is 1.15 bits per heavy atom. The zero-order valence-electron chi connectivity index (χ0n) is 8.39. The lowest BCUT2D eigenvalue weighted by Gasteiger charge is -2.11. The molecular weight excluding hydrogens is 164 g/mol. The number of aryl methyl sites for hydroxylation is 1. The van der Waals surface area contributed by atoms with Crippen molar-refractivity contribution in [3.05, 3.63) is 28.3 Å². The first-order valence-electron chi connectivity index (χ1n) is 4.47. The van der Waals surface area contributed by atoms with Gasteiger partial charge in [0.25, 0.3) is 0 Å². The maximum absolute atomic E-state index is 9.62. The van der Waals surface area contributed by atoms with Gasteiger partial charge in [-0.05, 0) is 49.4 Å². The molecule has 1 aromatic carbocycles. The summed E-state index contributed by atoms with van der Waals surface area (Å²) in [6, 6.07) is 1.94. The van der Waals surface area contributed by atoms with Crippen molar-refractivity contribution in [1.29, 1.82) is 0 Å². The maximum Gasteiger partial charge on any atom is 0.121 e. The van der Waals surface area contributed by atoms with Crippen LogP contribution in [0.4, 0.5) is 0 Å². The van der Waals surface area contributed by atoms with Gasteiger partial charge in [-0.1, -0.05) is 6.07 Å². The molecule has 0 unspecified atom stereocenters. The average molecular weight is 180 g/mol. The number of aliphatic hydroxyl groups excluding tert-OH is 1. The molecule has 0 amide bonds. The Hall–Kier alpha value is -1.02.